The molecule has 0 saturated heterocycles. The first-order chi connectivity index (χ1) is 8.69. The van der Waals surface area contributed by atoms with Gasteiger partial charge in [0.1, 0.15) is 8.07 Å². The molecule has 0 amide bonds. The molecule has 0 N–H and O–H groups in total. The number of fused-ring (bicyclic) bond motifs is 2. The van der Waals surface area contributed by atoms with Crippen molar-refractivity contribution in [1.82, 2.24) is 0 Å². The molecule has 0 aromatic heterocycles. The lowest BCUT2D eigenvalue weighted by Gasteiger charge is -2.30. The smallest absolute Gasteiger partial charge is 0.115 e. The number of hydrogen-bond donors (Lipinski definition) is 0. The highest BCUT2D eigenvalue weighted by atomic mass is 32.2. The van der Waals surface area contributed by atoms with Gasteiger partial charge in [0, 0.05) is 14.9 Å². The third-order valence-electron chi connectivity index (χ3n) is 3.55. The van der Waals surface area contributed by atoms with Gasteiger partial charge in [0.25, 0.3) is 0 Å². The quantitative estimate of drug-likeness (QED) is 0.679. The summed E-state index contributed by atoms with van der Waals surface area (Å²) >= 11 is 3.97. The van der Waals surface area contributed by atoms with Crippen LogP contribution in [0.3, 0.4) is 0 Å². The Morgan fingerprint density at radius 3 is 1.72 bits per heavy atom. The van der Waals surface area contributed by atoms with Gasteiger partial charge in [-0.1, -0.05) is 49.5 Å². The Kier molecular flexibility index (Phi) is 3.30. The van der Waals surface area contributed by atoms with Crippen molar-refractivity contribution >= 4 is 42.0 Å². The topological polar surface area (TPSA) is 0 Å². The molecule has 92 valence electrons. The van der Waals surface area contributed by atoms with Crippen LogP contribution in [0.5, 0.6) is 0 Å². The van der Waals surface area contributed by atoms with E-state index in [1.807, 2.05) is 23.5 Å². The molecule has 1 aliphatic heterocycles. The first-order valence-corrected chi connectivity index (χ1v) is 11.1. The predicted octanol–water partition coefficient (Wildman–Crippen LogP) is 3.66. The van der Waals surface area contributed by atoms with Gasteiger partial charge in [-0.05, 0) is 22.5 Å². The summed E-state index contributed by atoms with van der Waals surface area (Å²) in [7, 11) is -1.56. The second-order valence-corrected chi connectivity index (χ2v) is 11.8. The molecular weight excluding hydrogens is 272 g/mol. The third-order valence-corrected chi connectivity index (χ3v) is 9.75. The summed E-state index contributed by atoms with van der Waals surface area (Å²) in [6.45, 7) is 4.94. The molecule has 0 bridgehead atoms. The normalized spacial score (nSPS) is 17.2. The fraction of sp³-hybridized carbons (Fsp3) is 0.200. The number of rotatable bonds is 0. The van der Waals surface area contributed by atoms with Crippen LogP contribution in [0, 0.1) is 0 Å². The molecule has 3 heteroatoms. The Hall–Kier alpha value is -0.643. The van der Waals surface area contributed by atoms with Crippen molar-refractivity contribution in [3.63, 3.8) is 0 Å². The summed E-state index contributed by atoms with van der Waals surface area (Å²) in [5.41, 5.74) is 0. The van der Waals surface area contributed by atoms with Gasteiger partial charge in [-0.3, -0.25) is 0 Å². The van der Waals surface area contributed by atoms with Crippen molar-refractivity contribution in [3.05, 3.63) is 48.5 Å². The zero-order chi connectivity index (χ0) is 12.6. The van der Waals surface area contributed by atoms with Gasteiger partial charge in [0.15, 0.2) is 0 Å². The van der Waals surface area contributed by atoms with Crippen LogP contribution in [0.15, 0.2) is 58.3 Å². The van der Waals surface area contributed by atoms with Crippen molar-refractivity contribution in [1.29, 1.82) is 0 Å². The lowest BCUT2D eigenvalue weighted by molar-refractivity contribution is 1.45. The van der Waals surface area contributed by atoms with E-state index in [9.17, 15) is 0 Å². The lowest BCUT2D eigenvalue weighted by Crippen LogP contribution is -2.54. The fourth-order valence-electron chi connectivity index (χ4n) is 2.52. The van der Waals surface area contributed by atoms with E-state index < -0.39 is 8.07 Å². The number of thioether (sulfide) groups is 2. The van der Waals surface area contributed by atoms with Crippen molar-refractivity contribution in [2.45, 2.75) is 22.9 Å². The fourth-order valence-corrected chi connectivity index (χ4v) is 9.25. The molecule has 0 saturated carbocycles. The predicted molar refractivity (Wildman–Crippen MR) is 86.2 cm³/mol. The second kappa shape index (κ2) is 4.80. The molecule has 0 atom stereocenters. The lowest BCUT2D eigenvalue weighted by atomic mass is 10.3. The molecular formula is C15H16S2Si. The minimum atomic E-state index is -1.56. The third kappa shape index (κ3) is 2.04. The van der Waals surface area contributed by atoms with Crippen LogP contribution in [0.25, 0.3) is 0 Å². The highest BCUT2D eigenvalue weighted by Crippen LogP contribution is 2.31. The summed E-state index contributed by atoms with van der Waals surface area (Å²) in [6.07, 6.45) is 0. The molecule has 2 aromatic rings. The molecule has 3 rings (SSSR count). The Bertz CT molecular complexity index is 529. The zero-order valence-electron chi connectivity index (χ0n) is 10.6. The molecule has 1 aliphatic rings. The first-order valence-electron chi connectivity index (χ1n) is 6.14. The number of hydrogen-bond acceptors (Lipinski definition) is 2. The second-order valence-electron chi connectivity index (χ2n) is 5.02. The molecule has 18 heavy (non-hydrogen) atoms. The van der Waals surface area contributed by atoms with Crippen molar-refractivity contribution in [3.8, 4) is 0 Å². The minimum Gasteiger partial charge on any atom is -0.115 e. The Labute approximate surface area is 118 Å². The van der Waals surface area contributed by atoms with E-state index >= 15 is 0 Å². The van der Waals surface area contributed by atoms with Crippen LogP contribution in [0.1, 0.15) is 0 Å². The van der Waals surface area contributed by atoms with Crippen molar-refractivity contribution < 1.29 is 0 Å². The monoisotopic (exact) mass is 288 g/mol. The van der Waals surface area contributed by atoms with Gasteiger partial charge in [-0.2, -0.15) is 0 Å². The standard InChI is InChI=1S/C15H16S2Si/c1-18(2)14-9-5-3-7-12(14)16-11-17-13-8-4-6-10-15(13)18/h3-10H,11H2,1-2H3. The average molecular weight is 289 g/mol. The minimum absolute atomic E-state index is 1.11. The maximum absolute atomic E-state index is 2.47. The van der Waals surface area contributed by atoms with E-state index in [1.54, 1.807) is 10.4 Å². The maximum atomic E-state index is 2.47. The summed E-state index contributed by atoms with van der Waals surface area (Å²) in [6, 6.07) is 17.9. The summed E-state index contributed by atoms with van der Waals surface area (Å²) in [5, 5.41) is 4.28. The Morgan fingerprint density at radius 1 is 0.778 bits per heavy atom. The maximum Gasteiger partial charge on any atom is 0.115 e. The van der Waals surface area contributed by atoms with Crippen LogP contribution in [0.4, 0.5) is 0 Å². The van der Waals surface area contributed by atoms with Crippen molar-refractivity contribution in [2.24, 2.45) is 0 Å². The Morgan fingerprint density at radius 2 is 1.22 bits per heavy atom. The summed E-state index contributed by atoms with van der Waals surface area (Å²) in [4.78, 5) is 2.97. The van der Waals surface area contributed by atoms with Crippen LogP contribution < -0.4 is 10.4 Å². The van der Waals surface area contributed by atoms with Gasteiger partial charge in [0.05, 0.1) is 0 Å². The molecule has 0 aliphatic carbocycles. The van der Waals surface area contributed by atoms with Crippen LogP contribution in [0.2, 0.25) is 13.1 Å². The van der Waals surface area contributed by atoms with Gasteiger partial charge >= 0.3 is 0 Å². The zero-order valence-corrected chi connectivity index (χ0v) is 13.3. The highest BCUT2D eigenvalue weighted by Gasteiger charge is 2.31. The Balaban J connectivity index is 2.24. The van der Waals surface area contributed by atoms with E-state index in [0.29, 0.717) is 0 Å². The molecule has 0 spiro atoms. The number of benzene rings is 2. The van der Waals surface area contributed by atoms with Gasteiger partial charge in [-0.15, -0.1) is 23.5 Å². The SMILES string of the molecule is C[Si]1(C)c2ccccc2SCSc2ccccc21. The highest BCUT2D eigenvalue weighted by molar-refractivity contribution is 8.16. The molecule has 0 fully saturated rings. The van der Waals surface area contributed by atoms with Crippen LogP contribution >= 0.6 is 23.5 Å². The average Bonchev–Trinajstić information content (AvgIpc) is 2.38. The molecule has 0 radical (unpaired) electrons. The van der Waals surface area contributed by atoms with E-state index in [1.165, 1.54) is 9.79 Å². The first kappa shape index (κ1) is 12.4. The molecule has 0 nitrogen and oxygen atoms in total. The van der Waals surface area contributed by atoms with E-state index in [0.717, 1.165) is 5.08 Å². The molecule has 2 aromatic carbocycles. The van der Waals surface area contributed by atoms with Crippen LogP contribution in [-0.2, 0) is 0 Å². The van der Waals surface area contributed by atoms with Gasteiger partial charge < -0.3 is 0 Å². The van der Waals surface area contributed by atoms with Gasteiger partial charge in [0.2, 0.25) is 0 Å². The summed E-state index contributed by atoms with van der Waals surface area (Å²) < 4.78 is 0. The molecule has 1 heterocycles. The van der Waals surface area contributed by atoms with Gasteiger partial charge in [-0.25, -0.2) is 0 Å². The van der Waals surface area contributed by atoms with Crippen molar-refractivity contribution in [2.75, 3.05) is 5.08 Å². The van der Waals surface area contributed by atoms with E-state index in [-0.39, 0.29) is 0 Å². The largest absolute Gasteiger partial charge is 0.115 e. The van der Waals surface area contributed by atoms with E-state index in [2.05, 4.69) is 61.6 Å². The van der Waals surface area contributed by atoms with E-state index in [4.69, 9.17) is 0 Å². The molecule has 0 unspecified atom stereocenters. The summed E-state index contributed by atoms with van der Waals surface area (Å²) in [5.74, 6) is 0. The van der Waals surface area contributed by atoms with Crippen LogP contribution in [-0.4, -0.2) is 13.2 Å².